The lowest BCUT2D eigenvalue weighted by atomic mass is 9.94. The molecule has 1 atom stereocenters. The van der Waals surface area contributed by atoms with E-state index in [0.717, 1.165) is 0 Å². The second-order valence-electron chi connectivity index (χ2n) is 8.74. The van der Waals surface area contributed by atoms with Crippen LogP contribution in [0.15, 0.2) is 121 Å². The first-order valence-electron chi connectivity index (χ1n) is 11.5. The van der Waals surface area contributed by atoms with Gasteiger partial charge in [-0.05, 0) is 42.7 Å². The van der Waals surface area contributed by atoms with Gasteiger partial charge in [-0.2, -0.15) is 0 Å². The van der Waals surface area contributed by atoms with Gasteiger partial charge in [-0.3, -0.25) is 4.79 Å². The van der Waals surface area contributed by atoms with Crippen molar-refractivity contribution in [2.75, 3.05) is 0 Å². The molecule has 174 valence electrons. The van der Waals surface area contributed by atoms with E-state index in [2.05, 4.69) is 0 Å². The minimum absolute atomic E-state index is 0.266. The third kappa shape index (κ3) is 4.44. The van der Waals surface area contributed by atoms with Crippen molar-refractivity contribution in [3.05, 3.63) is 137 Å². The second-order valence-corrected chi connectivity index (χ2v) is 11.9. The summed E-state index contributed by atoms with van der Waals surface area (Å²) in [7, 11) is -3.66. The van der Waals surface area contributed by atoms with Gasteiger partial charge >= 0.3 is 0 Å². The van der Waals surface area contributed by atoms with Gasteiger partial charge in [0, 0.05) is 32.1 Å². The third-order valence-corrected chi connectivity index (χ3v) is 9.92. The predicted molar refractivity (Wildman–Crippen MR) is 143 cm³/mol. The Kier molecular flexibility index (Phi) is 6.34. The molecule has 0 aromatic heterocycles. The fourth-order valence-electron chi connectivity index (χ4n) is 4.45. The SMILES string of the molecule is O=C(/C(=C(/C1(O)CC1)P(=O)(c1ccccc1)c1ccc(Cl)cc1)c1ccccc1)c1ccccc1. The van der Waals surface area contributed by atoms with Gasteiger partial charge in [-0.15, -0.1) is 0 Å². The van der Waals surface area contributed by atoms with Crippen LogP contribution in [0.3, 0.4) is 0 Å². The van der Waals surface area contributed by atoms with E-state index in [1.807, 2.05) is 54.6 Å². The smallest absolute Gasteiger partial charge is 0.194 e. The number of Topliss-reactive ketones (excluding diaryl/α,β-unsaturated/α-hetero) is 1. The summed E-state index contributed by atoms with van der Waals surface area (Å²) in [5.41, 5.74) is 0.0465. The third-order valence-electron chi connectivity index (χ3n) is 6.35. The van der Waals surface area contributed by atoms with Crippen molar-refractivity contribution in [3.63, 3.8) is 0 Å². The summed E-state index contributed by atoms with van der Waals surface area (Å²) in [5, 5.41) is 13.6. The van der Waals surface area contributed by atoms with Gasteiger partial charge in [0.05, 0.1) is 5.60 Å². The standard InChI is InChI=1S/C30H24ClO3P/c31-24-16-18-26(19-17-24)35(34,25-14-8-3-9-15-25)29(30(33)20-21-30)27(22-10-4-1-5-11-22)28(32)23-12-6-2-7-13-23/h1-19,33H,20-21H2/b29-27-. The predicted octanol–water partition coefficient (Wildman–Crippen LogP) is 6.47. The minimum atomic E-state index is -3.66. The van der Waals surface area contributed by atoms with E-state index in [1.54, 1.807) is 60.7 Å². The summed E-state index contributed by atoms with van der Waals surface area (Å²) in [6.07, 6.45) is 0.871. The molecule has 0 aliphatic heterocycles. The number of halogens is 1. The topological polar surface area (TPSA) is 54.4 Å². The molecule has 0 amide bonds. The van der Waals surface area contributed by atoms with Crippen molar-refractivity contribution in [3.8, 4) is 0 Å². The van der Waals surface area contributed by atoms with E-state index in [-0.39, 0.29) is 5.78 Å². The Morgan fingerprint density at radius 3 is 1.66 bits per heavy atom. The van der Waals surface area contributed by atoms with Crippen LogP contribution in [0.2, 0.25) is 5.02 Å². The number of carbonyl (C=O) groups is 1. The van der Waals surface area contributed by atoms with Crippen LogP contribution in [0.5, 0.6) is 0 Å². The van der Waals surface area contributed by atoms with Crippen molar-refractivity contribution >= 4 is 40.7 Å². The molecular formula is C30H24ClO3P. The Morgan fingerprint density at radius 1 is 0.686 bits per heavy atom. The largest absolute Gasteiger partial charge is 0.385 e. The van der Waals surface area contributed by atoms with Gasteiger partial charge in [0.15, 0.2) is 12.9 Å². The Labute approximate surface area is 210 Å². The average molecular weight is 499 g/mol. The van der Waals surface area contributed by atoms with E-state index in [4.69, 9.17) is 11.6 Å². The molecule has 35 heavy (non-hydrogen) atoms. The summed E-state index contributed by atoms with van der Waals surface area (Å²) in [6, 6.07) is 34.1. The maximum atomic E-state index is 15.5. The summed E-state index contributed by atoms with van der Waals surface area (Å²) in [6.45, 7) is 0. The molecule has 1 aliphatic rings. The molecule has 4 aromatic carbocycles. The van der Waals surface area contributed by atoms with Crippen LogP contribution in [0.4, 0.5) is 0 Å². The molecule has 0 spiro atoms. The lowest BCUT2D eigenvalue weighted by molar-refractivity contribution is 0.105. The number of hydrogen-bond donors (Lipinski definition) is 1. The molecule has 0 radical (unpaired) electrons. The Morgan fingerprint density at radius 2 is 1.14 bits per heavy atom. The number of hydrogen-bond acceptors (Lipinski definition) is 3. The molecule has 1 N–H and O–H groups in total. The van der Waals surface area contributed by atoms with Gasteiger partial charge in [0.2, 0.25) is 0 Å². The van der Waals surface area contributed by atoms with Crippen LogP contribution in [0.25, 0.3) is 5.57 Å². The lowest BCUT2D eigenvalue weighted by Crippen LogP contribution is -2.27. The monoisotopic (exact) mass is 498 g/mol. The number of rotatable bonds is 7. The molecule has 1 aliphatic carbocycles. The van der Waals surface area contributed by atoms with Gasteiger partial charge in [0.1, 0.15) is 0 Å². The highest BCUT2D eigenvalue weighted by Crippen LogP contribution is 2.64. The van der Waals surface area contributed by atoms with Gasteiger partial charge in [0.25, 0.3) is 0 Å². The summed E-state index contributed by atoms with van der Waals surface area (Å²) in [5.74, 6) is -0.266. The van der Waals surface area contributed by atoms with Crippen molar-refractivity contribution in [1.82, 2.24) is 0 Å². The Hall–Kier alpha value is -3.23. The maximum absolute atomic E-state index is 15.5. The number of aliphatic hydroxyl groups is 1. The van der Waals surface area contributed by atoms with Crippen molar-refractivity contribution in [1.29, 1.82) is 0 Å². The van der Waals surface area contributed by atoms with Crippen LogP contribution < -0.4 is 10.6 Å². The second kappa shape index (κ2) is 9.43. The first-order chi connectivity index (χ1) is 16.9. The van der Waals surface area contributed by atoms with E-state index >= 15 is 4.57 Å². The number of ketones is 1. The first kappa shape index (κ1) is 23.5. The van der Waals surface area contributed by atoms with Gasteiger partial charge in [-0.1, -0.05) is 103 Å². The summed E-state index contributed by atoms with van der Waals surface area (Å²) < 4.78 is 15.5. The molecule has 4 aromatic rings. The lowest BCUT2D eigenvalue weighted by Gasteiger charge is -2.29. The normalized spacial score (nSPS) is 16.6. The van der Waals surface area contributed by atoms with Crippen LogP contribution in [0, 0.1) is 0 Å². The summed E-state index contributed by atoms with van der Waals surface area (Å²) in [4.78, 5) is 14.1. The van der Waals surface area contributed by atoms with Crippen molar-refractivity contribution in [2.24, 2.45) is 0 Å². The molecular weight excluding hydrogens is 475 g/mol. The average Bonchev–Trinajstić information content (AvgIpc) is 3.66. The zero-order valence-electron chi connectivity index (χ0n) is 19.0. The number of benzene rings is 4. The van der Waals surface area contributed by atoms with Crippen molar-refractivity contribution < 1.29 is 14.5 Å². The first-order valence-corrected chi connectivity index (χ1v) is 13.6. The quantitative estimate of drug-likeness (QED) is 0.180. The molecule has 5 heteroatoms. The number of carbonyl (C=O) groups excluding carboxylic acids is 1. The van der Waals surface area contributed by atoms with E-state index < -0.39 is 12.7 Å². The molecule has 1 fully saturated rings. The Balaban J connectivity index is 1.90. The molecule has 0 heterocycles. The molecule has 0 saturated heterocycles. The molecule has 1 saturated carbocycles. The van der Waals surface area contributed by atoms with E-state index in [9.17, 15) is 9.90 Å². The Bertz CT molecular complexity index is 1430. The van der Waals surface area contributed by atoms with Gasteiger partial charge in [-0.25, -0.2) is 0 Å². The molecule has 5 rings (SSSR count). The highest BCUT2D eigenvalue weighted by Gasteiger charge is 2.54. The molecule has 1 unspecified atom stereocenters. The minimum Gasteiger partial charge on any atom is -0.385 e. The molecule has 3 nitrogen and oxygen atoms in total. The molecule has 0 bridgehead atoms. The van der Waals surface area contributed by atoms with Gasteiger partial charge < -0.3 is 9.67 Å². The maximum Gasteiger partial charge on any atom is 0.194 e. The fourth-order valence-corrected chi connectivity index (χ4v) is 7.91. The van der Waals surface area contributed by atoms with Crippen LogP contribution in [-0.4, -0.2) is 16.5 Å². The zero-order chi connectivity index (χ0) is 24.5. The number of allylic oxidation sites excluding steroid dienone is 1. The highest BCUT2D eigenvalue weighted by molar-refractivity contribution is 7.82. The van der Waals surface area contributed by atoms with Crippen molar-refractivity contribution in [2.45, 2.75) is 18.4 Å². The van der Waals surface area contributed by atoms with Crippen LogP contribution >= 0.6 is 18.7 Å². The zero-order valence-corrected chi connectivity index (χ0v) is 20.6. The van der Waals surface area contributed by atoms with E-state index in [1.165, 1.54) is 0 Å². The van der Waals surface area contributed by atoms with E-state index in [0.29, 0.717) is 50.5 Å². The summed E-state index contributed by atoms with van der Waals surface area (Å²) >= 11 is 6.17. The van der Waals surface area contributed by atoms with Crippen LogP contribution in [0.1, 0.15) is 28.8 Å². The van der Waals surface area contributed by atoms with Crippen LogP contribution in [-0.2, 0) is 4.57 Å². The fraction of sp³-hybridized carbons (Fsp3) is 0.100. The highest BCUT2D eigenvalue weighted by atomic mass is 35.5.